The third-order valence-corrected chi connectivity index (χ3v) is 3.10. The maximum atomic E-state index is 11.2. The number of fused-ring (bicyclic) bond motifs is 1. The van der Waals surface area contributed by atoms with Crippen molar-refractivity contribution in [2.24, 2.45) is 5.92 Å². The number of rotatable bonds is 1. The minimum Gasteiger partial charge on any atom is -0.462 e. The van der Waals surface area contributed by atoms with E-state index in [0.29, 0.717) is 6.42 Å². The fraction of sp³-hybridized carbons (Fsp3) is 0.667. The van der Waals surface area contributed by atoms with Crippen molar-refractivity contribution in [2.45, 2.75) is 44.8 Å². The van der Waals surface area contributed by atoms with Crippen LogP contribution >= 0.6 is 0 Å². The summed E-state index contributed by atoms with van der Waals surface area (Å²) >= 11 is 0. The van der Waals surface area contributed by atoms with Crippen LogP contribution in [0.3, 0.4) is 0 Å². The van der Waals surface area contributed by atoms with E-state index in [1.165, 1.54) is 6.92 Å². The average molecular weight is 224 g/mol. The molecule has 1 fully saturated rings. The van der Waals surface area contributed by atoms with E-state index >= 15 is 0 Å². The Morgan fingerprint density at radius 1 is 1.50 bits per heavy atom. The number of ether oxygens (including phenoxy) is 2. The average Bonchev–Trinajstić information content (AvgIpc) is 2.51. The summed E-state index contributed by atoms with van der Waals surface area (Å²) in [6.07, 6.45) is 6.61. The Bertz CT molecular complexity index is 321. The lowest BCUT2D eigenvalue weighted by Crippen LogP contribution is -2.22. The molecular weight excluding hydrogens is 208 g/mol. The van der Waals surface area contributed by atoms with E-state index in [9.17, 15) is 9.59 Å². The van der Waals surface area contributed by atoms with Crippen molar-refractivity contribution in [1.82, 2.24) is 0 Å². The molecule has 4 nitrogen and oxygen atoms in total. The van der Waals surface area contributed by atoms with Gasteiger partial charge in [-0.3, -0.25) is 9.59 Å². The Balaban J connectivity index is 1.97. The van der Waals surface area contributed by atoms with Gasteiger partial charge in [-0.05, 0) is 18.9 Å². The summed E-state index contributed by atoms with van der Waals surface area (Å²) in [4.78, 5) is 22.0. The van der Waals surface area contributed by atoms with Crippen molar-refractivity contribution >= 4 is 11.9 Å². The summed E-state index contributed by atoms with van der Waals surface area (Å²) < 4.78 is 10.4. The van der Waals surface area contributed by atoms with E-state index in [-0.39, 0.29) is 30.1 Å². The summed E-state index contributed by atoms with van der Waals surface area (Å²) in [5, 5.41) is 0. The van der Waals surface area contributed by atoms with Crippen LogP contribution in [0.15, 0.2) is 12.2 Å². The lowest BCUT2D eigenvalue weighted by molar-refractivity contribution is -0.144. The second kappa shape index (κ2) is 4.68. The summed E-state index contributed by atoms with van der Waals surface area (Å²) in [5.41, 5.74) is 0. The van der Waals surface area contributed by atoms with Gasteiger partial charge in [0, 0.05) is 19.3 Å². The molecule has 1 aliphatic heterocycles. The second-order valence-corrected chi connectivity index (χ2v) is 4.38. The normalized spacial score (nSPS) is 33.6. The monoisotopic (exact) mass is 224 g/mol. The molecule has 0 amide bonds. The van der Waals surface area contributed by atoms with Gasteiger partial charge in [0.1, 0.15) is 12.2 Å². The molecule has 0 N–H and O–H groups in total. The highest BCUT2D eigenvalue weighted by atomic mass is 16.6. The van der Waals surface area contributed by atoms with Crippen LogP contribution in [-0.2, 0) is 19.1 Å². The van der Waals surface area contributed by atoms with E-state index in [0.717, 1.165) is 19.3 Å². The molecule has 16 heavy (non-hydrogen) atoms. The number of esters is 2. The van der Waals surface area contributed by atoms with Crippen LogP contribution in [0.1, 0.15) is 32.6 Å². The van der Waals surface area contributed by atoms with Crippen molar-refractivity contribution in [3.63, 3.8) is 0 Å². The number of carbonyl (C=O) groups excluding carboxylic acids is 2. The van der Waals surface area contributed by atoms with Gasteiger partial charge in [0.15, 0.2) is 0 Å². The molecule has 2 aliphatic rings. The zero-order chi connectivity index (χ0) is 11.5. The molecule has 0 radical (unpaired) electrons. The van der Waals surface area contributed by atoms with Gasteiger partial charge in [-0.1, -0.05) is 6.08 Å². The Hall–Kier alpha value is -1.32. The molecule has 0 saturated carbocycles. The van der Waals surface area contributed by atoms with Gasteiger partial charge in [-0.25, -0.2) is 0 Å². The summed E-state index contributed by atoms with van der Waals surface area (Å²) in [6.45, 7) is 1.41. The van der Waals surface area contributed by atoms with Crippen molar-refractivity contribution < 1.29 is 19.1 Å². The van der Waals surface area contributed by atoms with Gasteiger partial charge < -0.3 is 9.47 Å². The first-order valence-corrected chi connectivity index (χ1v) is 5.68. The van der Waals surface area contributed by atoms with Crippen LogP contribution in [0.5, 0.6) is 0 Å². The van der Waals surface area contributed by atoms with Crippen molar-refractivity contribution in [3.8, 4) is 0 Å². The maximum absolute atomic E-state index is 11.2. The lowest BCUT2D eigenvalue weighted by Gasteiger charge is -2.21. The summed E-state index contributed by atoms with van der Waals surface area (Å²) in [7, 11) is 0. The van der Waals surface area contributed by atoms with Crippen molar-refractivity contribution in [2.75, 3.05) is 0 Å². The first-order chi connectivity index (χ1) is 7.65. The molecule has 1 aliphatic carbocycles. The molecular formula is C12H16O4. The van der Waals surface area contributed by atoms with Gasteiger partial charge in [0.25, 0.3) is 0 Å². The van der Waals surface area contributed by atoms with Gasteiger partial charge in [-0.2, -0.15) is 0 Å². The zero-order valence-electron chi connectivity index (χ0n) is 9.35. The molecule has 0 spiro atoms. The molecule has 3 atom stereocenters. The van der Waals surface area contributed by atoms with Crippen LogP contribution in [0.2, 0.25) is 0 Å². The van der Waals surface area contributed by atoms with Crippen molar-refractivity contribution in [1.29, 1.82) is 0 Å². The van der Waals surface area contributed by atoms with E-state index in [4.69, 9.17) is 9.47 Å². The molecule has 4 heteroatoms. The maximum Gasteiger partial charge on any atom is 0.306 e. The smallest absolute Gasteiger partial charge is 0.306 e. The SMILES string of the molecule is CC(=O)OC1C=CCC2OC(=O)CC2CC1. The third-order valence-electron chi connectivity index (χ3n) is 3.10. The largest absolute Gasteiger partial charge is 0.462 e. The molecule has 1 saturated heterocycles. The van der Waals surface area contributed by atoms with Gasteiger partial charge in [-0.15, -0.1) is 0 Å². The van der Waals surface area contributed by atoms with Crippen LogP contribution in [0.4, 0.5) is 0 Å². The fourth-order valence-corrected chi connectivity index (χ4v) is 2.34. The van der Waals surface area contributed by atoms with Crippen LogP contribution in [0, 0.1) is 5.92 Å². The minimum absolute atomic E-state index is 0.0297. The topological polar surface area (TPSA) is 52.6 Å². The second-order valence-electron chi connectivity index (χ2n) is 4.38. The zero-order valence-corrected chi connectivity index (χ0v) is 9.35. The van der Waals surface area contributed by atoms with Crippen LogP contribution in [0.25, 0.3) is 0 Å². The van der Waals surface area contributed by atoms with E-state index in [1.807, 2.05) is 12.2 Å². The molecule has 3 unspecified atom stereocenters. The van der Waals surface area contributed by atoms with Gasteiger partial charge in [0.2, 0.25) is 0 Å². The third kappa shape index (κ3) is 2.62. The Kier molecular flexibility index (Phi) is 3.27. The van der Waals surface area contributed by atoms with Crippen LogP contribution < -0.4 is 0 Å². The highest BCUT2D eigenvalue weighted by Gasteiger charge is 2.34. The van der Waals surface area contributed by atoms with Gasteiger partial charge >= 0.3 is 11.9 Å². The molecule has 0 bridgehead atoms. The Morgan fingerprint density at radius 2 is 2.31 bits per heavy atom. The quantitative estimate of drug-likeness (QED) is 0.501. The molecule has 0 aromatic carbocycles. The first-order valence-electron chi connectivity index (χ1n) is 5.68. The molecule has 1 heterocycles. The predicted molar refractivity (Wildman–Crippen MR) is 56.5 cm³/mol. The summed E-state index contributed by atoms with van der Waals surface area (Å²) in [6, 6.07) is 0. The highest BCUT2D eigenvalue weighted by Crippen LogP contribution is 2.31. The lowest BCUT2D eigenvalue weighted by atomic mass is 9.90. The van der Waals surface area contributed by atoms with Crippen LogP contribution in [-0.4, -0.2) is 24.1 Å². The Morgan fingerprint density at radius 3 is 3.06 bits per heavy atom. The minimum atomic E-state index is -0.259. The number of carbonyl (C=O) groups is 2. The summed E-state index contributed by atoms with van der Waals surface area (Å²) in [5.74, 6) is -0.0737. The van der Waals surface area contributed by atoms with E-state index in [2.05, 4.69) is 0 Å². The first kappa shape index (κ1) is 11.2. The van der Waals surface area contributed by atoms with Crippen molar-refractivity contribution in [3.05, 3.63) is 12.2 Å². The number of hydrogen-bond donors (Lipinski definition) is 0. The Labute approximate surface area is 94.6 Å². The van der Waals surface area contributed by atoms with E-state index in [1.54, 1.807) is 0 Å². The molecule has 0 aromatic rings. The fourth-order valence-electron chi connectivity index (χ4n) is 2.34. The highest BCUT2D eigenvalue weighted by molar-refractivity contribution is 5.72. The molecule has 88 valence electrons. The standard InChI is InChI=1S/C12H16O4/c1-8(13)15-10-3-2-4-11-9(5-6-10)7-12(14)16-11/h2-3,9-11H,4-7H2,1H3. The number of hydrogen-bond acceptors (Lipinski definition) is 4. The van der Waals surface area contributed by atoms with E-state index < -0.39 is 0 Å². The molecule has 0 aromatic heterocycles. The predicted octanol–water partition coefficient (Wildman–Crippen LogP) is 1.59. The van der Waals surface area contributed by atoms with Gasteiger partial charge in [0.05, 0.1) is 6.42 Å². The molecule has 2 rings (SSSR count).